The number of nitrogens with two attached hydrogens (primary N) is 1. The van der Waals surface area contributed by atoms with E-state index >= 15 is 0 Å². The zero-order valence-corrected chi connectivity index (χ0v) is 10.3. The van der Waals surface area contributed by atoms with Gasteiger partial charge in [-0.15, -0.1) is 0 Å². The molecule has 0 radical (unpaired) electrons. The molecule has 4 nitrogen and oxygen atoms in total. The van der Waals surface area contributed by atoms with Crippen molar-refractivity contribution in [2.24, 2.45) is 5.92 Å². The molecule has 0 aliphatic carbocycles. The SMILES string of the molecule is CCC(CC)COc1ccc(N)cc1C(=O)O. The second kappa shape index (κ2) is 6.13. The first-order chi connectivity index (χ1) is 8.08. The molecule has 3 N–H and O–H groups in total. The highest BCUT2D eigenvalue weighted by Crippen LogP contribution is 2.22. The van der Waals surface area contributed by atoms with Gasteiger partial charge in [0.05, 0.1) is 6.61 Å². The molecular weight excluding hydrogens is 218 g/mol. The molecule has 17 heavy (non-hydrogen) atoms. The maximum Gasteiger partial charge on any atom is 0.339 e. The van der Waals surface area contributed by atoms with E-state index in [9.17, 15) is 4.79 Å². The fourth-order valence-electron chi connectivity index (χ4n) is 1.57. The van der Waals surface area contributed by atoms with Crippen LogP contribution in [0.1, 0.15) is 37.0 Å². The molecule has 0 heterocycles. The van der Waals surface area contributed by atoms with Crippen LogP contribution in [0.15, 0.2) is 18.2 Å². The minimum Gasteiger partial charge on any atom is -0.492 e. The summed E-state index contributed by atoms with van der Waals surface area (Å²) < 4.78 is 5.56. The van der Waals surface area contributed by atoms with Crippen molar-refractivity contribution >= 4 is 11.7 Å². The number of aromatic carboxylic acids is 1. The van der Waals surface area contributed by atoms with Gasteiger partial charge in [-0.25, -0.2) is 4.79 Å². The van der Waals surface area contributed by atoms with E-state index in [-0.39, 0.29) is 5.56 Å². The summed E-state index contributed by atoms with van der Waals surface area (Å²) in [5.41, 5.74) is 6.10. The quantitative estimate of drug-likeness (QED) is 0.746. The summed E-state index contributed by atoms with van der Waals surface area (Å²) >= 11 is 0. The number of ether oxygens (including phenoxy) is 1. The van der Waals surface area contributed by atoms with E-state index < -0.39 is 5.97 Å². The minimum atomic E-state index is -1.02. The van der Waals surface area contributed by atoms with E-state index in [2.05, 4.69) is 13.8 Å². The Bertz CT molecular complexity index is 386. The van der Waals surface area contributed by atoms with Crippen LogP contribution < -0.4 is 10.5 Å². The average Bonchev–Trinajstić information content (AvgIpc) is 2.31. The number of benzene rings is 1. The molecule has 0 fully saturated rings. The van der Waals surface area contributed by atoms with Crippen molar-refractivity contribution in [3.8, 4) is 5.75 Å². The van der Waals surface area contributed by atoms with Gasteiger partial charge in [-0.3, -0.25) is 0 Å². The molecule has 0 unspecified atom stereocenters. The number of hydrogen-bond acceptors (Lipinski definition) is 3. The predicted octanol–water partition coefficient (Wildman–Crippen LogP) is 2.78. The summed E-state index contributed by atoms with van der Waals surface area (Å²) in [6.07, 6.45) is 2.04. The van der Waals surface area contributed by atoms with Crippen LogP contribution in [0.25, 0.3) is 0 Å². The van der Waals surface area contributed by atoms with E-state index in [4.69, 9.17) is 15.6 Å². The third kappa shape index (κ3) is 3.66. The highest BCUT2D eigenvalue weighted by atomic mass is 16.5. The monoisotopic (exact) mass is 237 g/mol. The maximum absolute atomic E-state index is 11.0. The first-order valence-electron chi connectivity index (χ1n) is 5.84. The smallest absolute Gasteiger partial charge is 0.339 e. The van der Waals surface area contributed by atoms with Gasteiger partial charge in [-0.2, -0.15) is 0 Å². The van der Waals surface area contributed by atoms with E-state index in [0.29, 0.717) is 24.0 Å². The number of nitrogen functional groups attached to an aromatic ring is 1. The van der Waals surface area contributed by atoms with Gasteiger partial charge in [-0.1, -0.05) is 26.7 Å². The Morgan fingerprint density at radius 2 is 2.06 bits per heavy atom. The van der Waals surface area contributed by atoms with E-state index in [0.717, 1.165) is 12.8 Å². The minimum absolute atomic E-state index is 0.121. The standard InChI is InChI=1S/C13H19NO3/c1-3-9(4-2)8-17-12-6-5-10(14)7-11(12)13(15)16/h5-7,9H,3-4,8,14H2,1-2H3,(H,15,16). The molecular formula is C13H19NO3. The third-order valence-corrected chi connectivity index (χ3v) is 2.86. The van der Waals surface area contributed by atoms with Crippen LogP contribution in [0.4, 0.5) is 5.69 Å². The Morgan fingerprint density at radius 1 is 1.41 bits per heavy atom. The van der Waals surface area contributed by atoms with Crippen molar-refractivity contribution in [3.63, 3.8) is 0 Å². The third-order valence-electron chi connectivity index (χ3n) is 2.86. The Balaban J connectivity index is 2.80. The number of hydrogen-bond donors (Lipinski definition) is 2. The predicted molar refractivity (Wildman–Crippen MR) is 67.4 cm³/mol. The zero-order valence-electron chi connectivity index (χ0n) is 10.3. The van der Waals surface area contributed by atoms with Gasteiger partial charge in [0.25, 0.3) is 0 Å². The number of carboxylic acid groups (broad SMARTS) is 1. The Hall–Kier alpha value is -1.71. The molecule has 1 rings (SSSR count). The summed E-state index contributed by atoms with van der Waals surface area (Å²) in [5, 5.41) is 9.03. The molecule has 0 bridgehead atoms. The van der Waals surface area contributed by atoms with Crippen LogP contribution in [0, 0.1) is 5.92 Å². The molecule has 0 saturated carbocycles. The lowest BCUT2D eigenvalue weighted by Gasteiger charge is -2.15. The van der Waals surface area contributed by atoms with Crippen LogP contribution in [0.3, 0.4) is 0 Å². The molecule has 0 spiro atoms. The van der Waals surface area contributed by atoms with E-state index in [1.54, 1.807) is 12.1 Å². The van der Waals surface area contributed by atoms with Crippen LogP contribution in [0.5, 0.6) is 5.75 Å². The van der Waals surface area contributed by atoms with Gasteiger partial charge < -0.3 is 15.6 Å². The molecule has 0 aromatic heterocycles. The van der Waals surface area contributed by atoms with Crippen molar-refractivity contribution in [3.05, 3.63) is 23.8 Å². The molecule has 0 aliphatic rings. The van der Waals surface area contributed by atoms with Crippen LogP contribution >= 0.6 is 0 Å². The molecule has 94 valence electrons. The molecule has 0 aliphatic heterocycles. The van der Waals surface area contributed by atoms with Gasteiger partial charge >= 0.3 is 5.97 Å². The fraction of sp³-hybridized carbons (Fsp3) is 0.462. The lowest BCUT2D eigenvalue weighted by atomic mass is 10.1. The van der Waals surface area contributed by atoms with Crippen molar-refractivity contribution in [1.29, 1.82) is 0 Å². The van der Waals surface area contributed by atoms with Crippen molar-refractivity contribution < 1.29 is 14.6 Å². The summed E-state index contributed by atoms with van der Waals surface area (Å²) in [5.74, 6) is -0.176. The first kappa shape index (κ1) is 13.4. The van der Waals surface area contributed by atoms with Crippen LogP contribution in [0.2, 0.25) is 0 Å². The lowest BCUT2D eigenvalue weighted by molar-refractivity contribution is 0.0691. The number of rotatable bonds is 6. The normalized spacial score (nSPS) is 10.5. The van der Waals surface area contributed by atoms with Gasteiger partial charge in [0.1, 0.15) is 11.3 Å². The lowest BCUT2D eigenvalue weighted by Crippen LogP contribution is -2.12. The largest absolute Gasteiger partial charge is 0.492 e. The maximum atomic E-state index is 11.0. The van der Waals surface area contributed by atoms with E-state index in [1.807, 2.05) is 0 Å². The van der Waals surface area contributed by atoms with Crippen LogP contribution in [-0.2, 0) is 0 Å². The number of carbonyl (C=O) groups is 1. The molecule has 0 amide bonds. The molecule has 4 heteroatoms. The Morgan fingerprint density at radius 3 is 2.59 bits per heavy atom. The molecule has 1 aromatic rings. The van der Waals surface area contributed by atoms with Gasteiger partial charge in [0.2, 0.25) is 0 Å². The fourth-order valence-corrected chi connectivity index (χ4v) is 1.57. The summed E-state index contributed by atoms with van der Waals surface area (Å²) in [4.78, 5) is 11.0. The first-order valence-corrected chi connectivity index (χ1v) is 5.84. The molecule has 0 saturated heterocycles. The second-order valence-corrected chi connectivity index (χ2v) is 4.05. The van der Waals surface area contributed by atoms with Crippen molar-refractivity contribution in [2.45, 2.75) is 26.7 Å². The highest BCUT2D eigenvalue weighted by Gasteiger charge is 2.13. The van der Waals surface area contributed by atoms with Crippen molar-refractivity contribution in [1.82, 2.24) is 0 Å². The van der Waals surface area contributed by atoms with Crippen LogP contribution in [-0.4, -0.2) is 17.7 Å². The molecule has 1 aromatic carbocycles. The Kier molecular flexibility index (Phi) is 4.82. The Labute approximate surface area is 101 Å². The second-order valence-electron chi connectivity index (χ2n) is 4.05. The summed E-state index contributed by atoms with van der Waals surface area (Å²) in [6, 6.07) is 4.68. The van der Waals surface area contributed by atoms with Gasteiger partial charge in [-0.05, 0) is 24.1 Å². The van der Waals surface area contributed by atoms with E-state index in [1.165, 1.54) is 6.07 Å². The topological polar surface area (TPSA) is 72.5 Å². The number of anilines is 1. The molecule has 0 atom stereocenters. The zero-order chi connectivity index (χ0) is 12.8. The summed E-state index contributed by atoms with van der Waals surface area (Å²) in [6.45, 7) is 4.73. The average molecular weight is 237 g/mol. The van der Waals surface area contributed by atoms with Crippen molar-refractivity contribution in [2.75, 3.05) is 12.3 Å². The van der Waals surface area contributed by atoms with Gasteiger partial charge in [0.15, 0.2) is 0 Å². The highest BCUT2D eigenvalue weighted by molar-refractivity contribution is 5.92. The van der Waals surface area contributed by atoms with Gasteiger partial charge in [0, 0.05) is 5.69 Å². The number of carboxylic acids is 1. The summed E-state index contributed by atoms with van der Waals surface area (Å²) in [7, 11) is 0.